The number of halogens is 2. The highest BCUT2D eigenvalue weighted by molar-refractivity contribution is 6.39. The van der Waals surface area contributed by atoms with Crippen molar-refractivity contribution in [3.05, 3.63) is 0 Å². The largest absolute Gasteiger partial charge is 0.296 e. The second kappa shape index (κ2) is 4.97. The van der Waals surface area contributed by atoms with Crippen molar-refractivity contribution in [2.24, 2.45) is 0 Å². The number of carbonyl (C=O) groups is 1. The molecule has 0 amide bonds. The summed E-state index contributed by atoms with van der Waals surface area (Å²) < 4.78 is 0. The van der Waals surface area contributed by atoms with Gasteiger partial charge in [0, 0.05) is 0 Å². The van der Waals surface area contributed by atoms with E-state index in [4.69, 9.17) is 23.2 Å². The molecule has 0 N–H and O–H groups in total. The van der Waals surface area contributed by atoms with E-state index in [2.05, 4.69) is 0 Å². The molecular weight excluding hydrogens is 171 g/mol. The van der Waals surface area contributed by atoms with Crippen molar-refractivity contribution in [3.8, 4) is 0 Å². The molecule has 0 saturated heterocycles. The van der Waals surface area contributed by atoms with Crippen LogP contribution in [0.25, 0.3) is 0 Å². The zero-order valence-electron chi connectivity index (χ0n) is 6.23. The lowest BCUT2D eigenvalue weighted by atomic mass is 10.1. The molecule has 60 valence electrons. The van der Waals surface area contributed by atoms with Crippen molar-refractivity contribution in [2.45, 2.75) is 37.4 Å². The van der Waals surface area contributed by atoms with Gasteiger partial charge in [-0.3, -0.25) is 4.79 Å². The second-order valence-electron chi connectivity index (χ2n) is 2.27. The Morgan fingerprint density at radius 1 is 1.50 bits per heavy atom. The van der Waals surface area contributed by atoms with Crippen LogP contribution in [0.3, 0.4) is 0 Å². The summed E-state index contributed by atoms with van der Waals surface area (Å²) in [5.41, 5.74) is 0. The van der Waals surface area contributed by atoms with E-state index >= 15 is 0 Å². The Labute approximate surface area is 71.7 Å². The molecule has 0 aliphatic carbocycles. The Morgan fingerprint density at radius 2 is 2.00 bits per heavy atom. The first kappa shape index (κ1) is 10.2. The maximum absolute atomic E-state index is 11.0. The van der Waals surface area contributed by atoms with E-state index < -0.39 is 10.8 Å². The van der Waals surface area contributed by atoms with Crippen LogP contribution in [0.2, 0.25) is 0 Å². The van der Waals surface area contributed by atoms with Gasteiger partial charge in [-0.15, -0.1) is 23.2 Å². The summed E-state index contributed by atoms with van der Waals surface area (Å²) in [4.78, 5) is 11.0. The maximum Gasteiger partial charge on any atom is 0.168 e. The zero-order chi connectivity index (χ0) is 8.15. The molecular formula is C7H12Cl2O. The van der Waals surface area contributed by atoms with Crippen molar-refractivity contribution in [3.63, 3.8) is 0 Å². The normalized spacial score (nSPS) is 16.4. The molecule has 1 nitrogen and oxygen atoms in total. The molecule has 0 spiro atoms. The van der Waals surface area contributed by atoms with Crippen LogP contribution < -0.4 is 0 Å². The Hall–Kier alpha value is 0.250. The number of carbonyl (C=O) groups excluding carboxylic acids is 1. The minimum atomic E-state index is -0.450. The van der Waals surface area contributed by atoms with Crippen molar-refractivity contribution < 1.29 is 4.79 Å². The minimum absolute atomic E-state index is 0.0646. The standard InChI is InChI=1S/C7H12Cl2O/c1-3-4-6(9)7(10)5(2)8/h5-6H,3-4H2,1-2H3. The van der Waals surface area contributed by atoms with Gasteiger partial charge in [0.05, 0.1) is 10.8 Å². The molecule has 0 saturated carbocycles. The van der Waals surface area contributed by atoms with Crippen molar-refractivity contribution in [2.75, 3.05) is 0 Å². The number of hydrogen-bond donors (Lipinski definition) is 0. The van der Waals surface area contributed by atoms with E-state index in [9.17, 15) is 4.79 Å². The maximum atomic E-state index is 11.0. The number of rotatable bonds is 4. The van der Waals surface area contributed by atoms with Crippen LogP contribution in [0.1, 0.15) is 26.7 Å². The third kappa shape index (κ3) is 3.43. The molecule has 0 aromatic rings. The van der Waals surface area contributed by atoms with Crippen LogP contribution in [-0.4, -0.2) is 16.5 Å². The number of hydrogen-bond acceptors (Lipinski definition) is 1. The third-order valence-electron chi connectivity index (χ3n) is 1.24. The van der Waals surface area contributed by atoms with Crippen LogP contribution in [0.15, 0.2) is 0 Å². The molecule has 0 fully saturated rings. The van der Waals surface area contributed by atoms with Crippen molar-refractivity contribution >= 4 is 29.0 Å². The highest BCUT2D eigenvalue weighted by atomic mass is 35.5. The lowest BCUT2D eigenvalue weighted by molar-refractivity contribution is -0.118. The van der Waals surface area contributed by atoms with E-state index in [0.717, 1.165) is 12.8 Å². The first-order valence-corrected chi connectivity index (χ1v) is 4.28. The Morgan fingerprint density at radius 3 is 2.30 bits per heavy atom. The summed E-state index contributed by atoms with van der Waals surface area (Å²) in [5, 5.41) is -0.841. The summed E-state index contributed by atoms with van der Waals surface area (Å²) >= 11 is 11.2. The van der Waals surface area contributed by atoms with Crippen molar-refractivity contribution in [1.29, 1.82) is 0 Å². The molecule has 0 bridgehead atoms. The van der Waals surface area contributed by atoms with Gasteiger partial charge in [-0.25, -0.2) is 0 Å². The Kier molecular flexibility index (Phi) is 5.10. The fourth-order valence-corrected chi connectivity index (χ4v) is 1.27. The number of alkyl halides is 2. The van der Waals surface area contributed by atoms with Gasteiger partial charge in [0.2, 0.25) is 0 Å². The summed E-state index contributed by atoms with van der Waals surface area (Å²) in [6, 6.07) is 0. The molecule has 10 heavy (non-hydrogen) atoms. The van der Waals surface area contributed by atoms with Crippen molar-refractivity contribution in [1.82, 2.24) is 0 Å². The van der Waals surface area contributed by atoms with E-state index in [1.807, 2.05) is 6.92 Å². The first-order chi connectivity index (χ1) is 4.59. The van der Waals surface area contributed by atoms with Gasteiger partial charge >= 0.3 is 0 Å². The topological polar surface area (TPSA) is 17.1 Å². The molecule has 2 atom stereocenters. The van der Waals surface area contributed by atoms with Gasteiger partial charge in [0.15, 0.2) is 5.78 Å². The fourth-order valence-electron chi connectivity index (χ4n) is 0.645. The number of ketones is 1. The van der Waals surface area contributed by atoms with E-state index in [-0.39, 0.29) is 5.78 Å². The summed E-state index contributed by atoms with van der Waals surface area (Å²) in [5.74, 6) is -0.0646. The predicted molar refractivity (Wildman–Crippen MR) is 44.9 cm³/mol. The van der Waals surface area contributed by atoms with Crippen LogP contribution in [0.4, 0.5) is 0 Å². The molecule has 2 unspecified atom stereocenters. The number of Topliss-reactive ketones (excluding diaryl/α,β-unsaturated/α-hetero) is 1. The van der Waals surface area contributed by atoms with Crippen LogP contribution >= 0.6 is 23.2 Å². The molecule has 0 aromatic carbocycles. The summed E-state index contributed by atoms with van der Waals surface area (Å²) in [6.07, 6.45) is 1.64. The predicted octanol–water partition coefficient (Wildman–Crippen LogP) is 2.59. The first-order valence-electron chi connectivity index (χ1n) is 3.41. The average molecular weight is 183 g/mol. The van der Waals surface area contributed by atoms with E-state index in [1.165, 1.54) is 0 Å². The fraction of sp³-hybridized carbons (Fsp3) is 0.857. The van der Waals surface area contributed by atoms with Gasteiger partial charge in [-0.05, 0) is 13.3 Å². The Bertz CT molecular complexity index is 112. The Balaban J connectivity index is 3.71. The van der Waals surface area contributed by atoms with Gasteiger partial charge < -0.3 is 0 Å². The lowest BCUT2D eigenvalue weighted by Crippen LogP contribution is -2.21. The van der Waals surface area contributed by atoms with Gasteiger partial charge in [-0.2, -0.15) is 0 Å². The highest BCUT2D eigenvalue weighted by Gasteiger charge is 2.18. The highest BCUT2D eigenvalue weighted by Crippen LogP contribution is 2.11. The summed E-state index contributed by atoms with van der Waals surface area (Å²) in [7, 11) is 0. The molecule has 0 aliphatic heterocycles. The molecule has 0 rings (SSSR count). The molecule has 3 heteroatoms. The van der Waals surface area contributed by atoms with Crippen LogP contribution in [0.5, 0.6) is 0 Å². The second-order valence-corrected chi connectivity index (χ2v) is 3.46. The quantitative estimate of drug-likeness (QED) is 0.612. The summed E-state index contributed by atoms with van der Waals surface area (Å²) in [6.45, 7) is 3.64. The monoisotopic (exact) mass is 182 g/mol. The zero-order valence-corrected chi connectivity index (χ0v) is 7.74. The van der Waals surface area contributed by atoms with Gasteiger partial charge in [-0.1, -0.05) is 13.3 Å². The molecule has 0 aromatic heterocycles. The van der Waals surface area contributed by atoms with Crippen LogP contribution in [0, 0.1) is 0 Å². The molecule has 0 radical (unpaired) electrons. The average Bonchev–Trinajstić information content (AvgIpc) is 1.87. The third-order valence-corrected chi connectivity index (χ3v) is 1.89. The minimum Gasteiger partial charge on any atom is -0.296 e. The van der Waals surface area contributed by atoms with E-state index in [1.54, 1.807) is 6.92 Å². The van der Waals surface area contributed by atoms with Gasteiger partial charge in [0.25, 0.3) is 0 Å². The smallest absolute Gasteiger partial charge is 0.168 e. The SMILES string of the molecule is CCCC(Cl)C(=O)C(C)Cl. The molecule has 0 heterocycles. The lowest BCUT2D eigenvalue weighted by Gasteiger charge is -2.07. The molecule has 0 aliphatic rings. The van der Waals surface area contributed by atoms with E-state index in [0.29, 0.717) is 0 Å². The van der Waals surface area contributed by atoms with Crippen LogP contribution in [-0.2, 0) is 4.79 Å². The van der Waals surface area contributed by atoms with Gasteiger partial charge in [0.1, 0.15) is 0 Å².